The number of nitrogens with one attached hydrogen (secondary N) is 1. The van der Waals surface area contributed by atoms with Gasteiger partial charge in [-0.1, -0.05) is 24.3 Å². The van der Waals surface area contributed by atoms with E-state index in [0.29, 0.717) is 26.0 Å². The highest BCUT2D eigenvalue weighted by atomic mass is 32.1. The Bertz CT molecular complexity index is 552. The SMILES string of the molecule is CCOc1ccccc1CCC(=O)NCCc1cccs1. The van der Waals surface area contributed by atoms with Crippen LogP contribution in [0.25, 0.3) is 0 Å². The zero-order chi connectivity index (χ0) is 14.9. The number of rotatable bonds is 8. The van der Waals surface area contributed by atoms with E-state index in [0.717, 1.165) is 17.7 Å². The lowest BCUT2D eigenvalue weighted by molar-refractivity contribution is -0.121. The van der Waals surface area contributed by atoms with E-state index in [4.69, 9.17) is 4.74 Å². The second-order valence-electron chi connectivity index (χ2n) is 4.72. The minimum absolute atomic E-state index is 0.0952. The van der Waals surface area contributed by atoms with Crippen molar-refractivity contribution < 1.29 is 9.53 Å². The average molecular weight is 303 g/mol. The van der Waals surface area contributed by atoms with Gasteiger partial charge in [-0.15, -0.1) is 11.3 Å². The number of carbonyl (C=O) groups excluding carboxylic acids is 1. The molecule has 2 rings (SSSR count). The number of thiophene rings is 1. The maximum atomic E-state index is 11.9. The van der Waals surface area contributed by atoms with Gasteiger partial charge in [-0.2, -0.15) is 0 Å². The van der Waals surface area contributed by atoms with Gasteiger partial charge in [-0.25, -0.2) is 0 Å². The molecule has 1 amide bonds. The fourth-order valence-electron chi connectivity index (χ4n) is 2.12. The third-order valence-electron chi connectivity index (χ3n) is 3.17. The molecular weight excluding hydrogens is 282 g/mol. The van der Waals surface area contributed by atoms with Gasteiger partial charge in [-0.3, -0.25) is 4.79 Å². The summed E-state index contributed by atoms with van der Waals surface area (Å²) in [5.41, 5.74) is 1.09. The van der Waals surface area contributed by atoms with Crippen LogP contribution >= 0.6 is 11.3 Å². The van der Waals surface area contributed by atoms with E-state index >= 15 is 0 Å². The van der Waals surface area contributed by atoms with Crippen LogP contribution in [0, 0.1) is 0 Å². The molecule has 0 saturated carbocycles. The van der Waals surface area contributed by atoms with Crippen molar-refractivity contribution in [2.75, 3.05) is 13.2 Å². The topological polar surface area (TPSA) is 38.3 Å². The van der Waals surface area contributed by atoms with E-state index in [1.807, 2.05) is 37.3 Å². The quantitative estimate of drug-likeness (QED) is 0.811. The first-order valence-electron chi connectivity index (χ1n) is 7.29. The summed E-state index contributed by atoms with van der Waals surface area (Å²) in [5, 5.41) is 5.03. The summed E-state index contributed by atoms with van der Waals surface area (Å²) in [5.74, 6) is 0.976. The number of aryl methyl sites for hydroxylation is 1. The highest BCUT2D eigenvalue weighted by molar-refractivity contribution is 7.09. The van der Waals surface area contributed by atoms with Crippen molar-refractivity contribution in [3.8, 4) is 5.75 Å². The smallest absolute Gasteiger partial charge is 0.220 e. The first kappa shape index (κ1) is 15.6. The van der Waals surface area contributed by atoms with Crippen molar-refractivity contribution in [1.29, 1.82) is 0 Å². The van der Waals surface area contributed by atoms with Crippen LogP contribution in [0.2, 0.25) is 0 Å². The average Bonchev–Trinajstić information content (AvgIpc) is 3.00. The maximum Gasteiger partial charge on any atom is 0.220 e. The van der Waals surface area contributed by atoms with E-state index in [1.54, 1.807) is 11.3 Å². The molecule has 0 aliphatic rings. The van der Waals surface area contributed by atoms with Gasteiger partial charge in [-0.05, 0) is 42.8 Å². The van der Waals surface area contributed by atoms with Crippen molar-refractivity contribution in [3.05, 3.63) is 52.2 Å². The van der Waals surface area contributed by atoms with Gasteiger partial charge >= 0.3 is 0 Å². The summed E-state index contributed by atoms with van der Waals surface area (Å²) in [4.78, 5) is 13.2. The zero-order valence-electron chi connectivity index (χ0n) is 12.3. The standard InChI is InChI=1S/C17H21NO2S/c1-2-20-16-8-4-3-6-14(16)9-10-17(19)18-12-11-15-7-5-13-21-15/h3-8,13H,2,9-12H2,1H3,(H,18,19). The molecule has 1 N–H and O–H groups in total. The van der Waals surface area contributed by atoms with Crippen LogP contribution in [0.1, 0.15) is 23.8 Å². The first-order valence-corrected chi connectivity index (χ1v) is 8.17. The van der Waals surface area contributed by atoms with Gasteiger partial charge in [0.05, 0.1) is 6.61 Å². The molecular formula is C17H21NO2S. The van der Waals surface area contributed by atoms with E-state index in [9.17, 15) is 4.79 Å². The normalized spacial score (nSPS) is 10.3. The van der Waals surface area contributed by atoms with Crippen LogP contribution in [-0.2, 0) is 17.6 Å². The van der Waals surface area contributed by atoms with Gasteiger partial charge in [0.1, 0.15) is 5.75 Å². The first-order chi connectivity index (χ1) is 10.3. The van der Waals surface area contributed by atoms with Crippen molar-refractivity contribution in [1.82, 2.24) is 5.32 Å². The van der Waals surface area contributed by atoms with E-state index in [2.05, 4.69) is 16.8 Å². The number of hydrogen-bond donors (Lipinski definition) is 1. The lowest BCUT2D eigenvalue weighted by Crippen LogP contribution is -2.25. The Morgan fingerprint density at radius 3 is 2.81 bits per heavy atom. The number of carbonyl (C=O) groups is 1. The van der Waals surface area contributed by atoms with Crippen molar-refractivity contribution in [2.45, 2.75) is 26.2 Å². The highest BCUT2D eigenvalue weighted by Crippen LogP contribution is 2.19. The molecule has 1 heterocycles. The number of benzene rings is 1. The van der Waals surface area contributed by atoms with Gasteiger partial charge in [0.25, 0.3) is 0 Å². The third kappa shape index (κ3) is 5.23. The Morgan fingerprint density at radius 2 is 2.05 bits per heavy atom. The van der Waals surface area contributed by atoms with Crippen LogP contribution < -0.4 is 10.1 Å². The summed E-state index contributed by atoms with van der Waals surface area (Å²) in [6, 6.07) is 12.0. The van der Waals surface area contributed by atoms with E-state index < -0.39 is 0 Å². The van der Waals surface area contributed by atoms with Gasteiger partial charge in [0, 0.05) is 17.8 Å². The maximum absolute atomic E-state index is 11.9. The predicted octanol–water partition coefficient (Wildman–Crippen LogP) is 3.44. The number of amides is 1. The minimum Gasteiger partial charge on any atom is -0.494 e. The Morgan fingerprint density at radius 1 is 1.19 bits per heavy atom. The summed E-state index contributed by atoms with van der Waals surface area (Å²) < 4.78 is 5.57. The van der Waals surface area contributed by atoms with E-state index in [1.165, 1.54) is 4.88 Å². The summed E-state index contributed by atoms with van der Waals surface area (Å²) in [6.45, 7) is 3.31. The van der Waals surface area contributed by atoms with Crippen molar-refractivity contribution in [3.63, 3.8) is 0 Å². The van der Waals surface area contributed by atoms with Crippen LogP contribution in [-0.4, -0.2) is 19.1 Å². The largest absolute Gasteiger partial charge is 0.494 e. The molecule has 21 heavy (non-hydrogen) atoms. The Hall–Kier alpha value is -1.81. The molecule has 0 saturated heterocycles. The Balaban J connectivity index is 1.73. The molecule has 0 aliphatic carbocycles. The fourth-order valence-corrected chi connectivity index (χ4v) is 2.83. The molecule has 0 unspecified atom stereocenters. The van der Waals surface area contributed by atoms with Gasteiger partial charge < -0.3 is 10.1 Å². The number of para-hydroxylation sites is 1. The third-order valence-corrected chi connectivity index (χ3v) is 4.10. The fraction of sp³-hybridized carbons (Fsp3) is 0.353. The zero-order valence-corrected chi connectivity index (χ0v) is 13.1. The molecule has 3 nitrogen and oxygen atoms in total. The van der Waals surface area contributed by atoms with Crippen LogP contribution in [0.4, 0.5) is 0 Å². The molecule has 0 atom stereocenters. The summed E-state index contributed by atoms with van der Waals surface area (Å²) >= 11 is 1.72. The molecule has 0 radical (unpaired) electrons. The molecule has 1 aromatic carbocycles. The van der Waals surface area contributed by atoms with Gasteiger partial charge in [0.15, 0.2) is 0 Å². The Labute approximate surface area is 130 Å². The monoisotopic (exact) mass is 303 g/mol. The number of hydrogen-bond acceptors (Lipinski definition) is 3. The summed E-state index contributed by atoms with van der Waals surface area (Å²) in [7, 11) is 0. The lowest BCUT2D eigenvalue weighted by Gasteiger charge is -2.10. The summed E-state index contributed by atoms with van der Waals surface area (Å²) in [6.07, 6.45) is 2.11. The molecule has 0 fully saturated rings. The lowest BCUT2D eigenvalue weighted by atomic mass is 10.1. The molecule has 0 aliphatic heterocycles. The predicted molar refractivity (Wildman–Crippen MR) is 87.0 cm³/mol. The molecule has 112 valence electrons. The second kappa shape index (κ2) is 8.47. The Kier molecular flexibility index (Phi) is 6.28. The minimum atomic E-state index is 0.0952. The molecule has 2 aromatic rings. The van der Waals surface area contributed by atoms with Crippen LogP contribution in [0.5, 0.6) is 5.75 Å². The molecule has 4 heteroatoms. The van der Waals surface area contributed by atoms with Crippen molar-refractivity contribution in [2.24, 2.45) is 0 Å². The second-order valence-corrected chi connectivity index (χ2v) is 5.75. The van der Waals surface area contributed by atoms with E-state index in [-0.39, 0.29) is 5.91 Å². The molecule has 1 aromatic heterocycles. The van der Waals surface area contributed by atoms with Gasteiger partial charge in [0.2, 0.25) is 5.91 Å². The van der Waals surface area contributed by atoms with Crippen LogP contribution in [0.15, 0.2) is 41.8 Å². The molecule has 0 bridgehead atoms. The van der Waals surface area contributed by atoms with Crippen LogP contribution in [0.3, 0.4) is 0 Å². The van der Waals surface area contributed by atoms with Crippen molar-refractivity contribution >= 4 is 17.2 Å². The highest BCUT2D eigenvalue weighted by Gasteiger charge is 2.06. The molecule has 0 spiro atoms. The number of ether oxygens (including phenoxy) is 1.